The van der Waals surface area contributed by atoms with Crippen LogP contribution in [0.5, 0.6) is 5.75 Å². The normalized spacial score (nSPS) is 11.3. The molecule has 3 rings (SSSR count). The highest BCUT2D eigenvalue weighted by Crippen LogP contribution is 2.32. The first-order valence-electron chi connectivity index (χ1n) is 11.7. The van der Waals surface area contributed by atoms with E-state index in [9.17, 15) is 14.4 Å². The van der Waals surface area contributed by atoms with Gasteiger partial charge in [-0.25, -0.2) is 9.78 Å². The van der Waals surface area contributed by atoms with Gasteiger partial charge in [0.25, 0.3) is 5.56 Å². The Bertz CT molecular complexity index is 1290. The van der Waals surface area contributed by atoms with Gasteiger partial charge in [-0.3, -0.25) is 19.1 Å². The molecule has 2 heterocycles. The van der Waals surface area contributed by atoms with E-state index >= 15 is 0 Å². The minimum atomic E-state index is -0.675. The summed E-state index contributed by atoms with van der Waals surface area (Å²) in [6.45, 7) is 10.8. The third-order valence-electron chi connectivity index (χ3n) is 5.18. The Morgan fingerprint density at radius 2 is 1.91 bits per heavy atom. The molecular weight excluding hydrogens is 466 g/mol. The minimum Gasteiger partial charge on any atom is -0.493 e. The van der Waals surface area contributed by atoms with Gasteiger partial charge in [-0.2, -0.15) is 0 Å². The van der Waals surface area contributed by atoms with Crippen molar-refractivity contribution < 1.29 is 9.53 Å². The van der Waals surface area contributed by atoms with Crippen molar-refractivity contribution in [2.45, 2.75) is 47.6 Å². The summed E-state index contributed by atoms with van der Waals surface area (Å²) in [6, 6.07) is 7.63. The third-order valence-corrected chi connectivity index (χ3v) is 6.11. The number of amides is 1. The molecule has 0 radical (unpaired) electrons. The number of aromatic amines is 1. The second-order valence-electron chi connectivity index (χ2n) is 9.15. The lowest BCUT2D eigenvalue weighted by molar-refractivity contribution is -0.118. The Balaban J connectivity index is 1.95. The van der Waals surface area contributed by atoms with Crippen LogP contribution in [0.1, 0.15) is 40.3 Å². The Hall–Kier alpha value is -3.40. The molecule has 0 aliphatic heterocycles. The molecule has 0 atom stereocenters. The summed E-state index contributed by atoms with van der Waals surface area (Å²) < 4.78 is 7.02. The van der Waals surface area contributed by atoms with Gasteiger partial charge in [0.1, 0.15) is 16.6 Å². The summed E-state index contributed by atoms with van der Waals surface area (Å²) in [4.78, 5) is 47.0. The largest absolute Gasteiger partial charge is 0.493 e. The molecule has 1 amide bonds. The number of nitrogens with two attached hydrogens (primary N) is 1. The fraction of sp³-hybridized carbons (Fsp3) is 0.440. The zero-order valence-electron chi connectivity index (χ0n) is 20.8. The van der Waals surface area contributed by atoms with Crippen LogP contribution in [0, 0.1) is 11.8 Å². The number of nitrogens with one attached hydrogen (secondary N) is 1. The number of nitrogens with zero attached hydrogens (tertiary/aromatic N) is 3. The van der Waals surface area contributed by atoms with Gasteiger partial charge < -0.3 is 15.4 Å². The molecule has 2 aromatic heterocycles. The number of hydrogen-bond donors (Lipinski definition) is 2. The van der Waals surface area contributed by atoms with Crippen LogP contribution in [0.3, 0.4) is 0 Å². The average molecular weight is 500 g/mol. The van der Waals surface area contributed by atoms with Crippen LogP contribution < -0.4 is 26.6 Å². The predicted molar refractivity (Wildman–Crippen MR) is 140 cm³/mol. The van der Waals surface area contributed by atoms with Gasteiger partial charge in [0, 0.05) is 18.5 Å². The molecule has 0 saturated heterocycles. The number of ether oxygens (including phenoxy) is 1. The first-order valence-corrected chi connectivity index (χ1v) is 12.6. The first kappa shape index (κ1) is 26.2. The number of nitrogen functional groups attached to an aromatic ring is 1. The quantitative estimate of drug-likeness (QED) is 0.440. The maximum atomic E-state index is 13.5. The summed E-state index contributed by atoms with van der Waals surface area (Å²) >= 11 is 1.42. The van der Waals surface area contributed by atoms with E-state index in [2.05, 4.69) is 9.97 Å². The van der Waals surface area contributed by atoms with Gasteiger partial charge >= 0.3 is 5.69 Å². The van der Waals surface area contributed by atoms with Crippen LogP contribution in [0.25, 0.3) is 10.6 Å². The highest BCUT2D eigenvalue weighted by atomic mass is 32.1. The monoisotopic (exact) mass is 499 g/mol. The van der Waals surface area contributed by atoms with Crippen LogP contribution in [0.15, 0.2) is 39.2 Å². The van der Waals surface area contributed by atoms with Crippen molar-refractivity contribution in [3.63, 3.8) is 0 Å². The zero-order valence-corrected chi connectivity index (χ0v) is 21.6. The molecule has 0 fully saturated rings. The fourth-order valence-electron chi connectivity index (χ4n) is 3.75. The number of carbonyl (C=O) groups is 1. The molecule has 0 saturated carbocycles. The smallest absolute Gasteiger partial charge is 0.330 e. The van der Waals surface area contributed by atoms with Crippen molar-refractivity contribution in [2.24, 2.45) is 11.8 Å². The van der Waals surface area contributed by atoms with Gasteiger partial charge in [0.2, 0.25) is 5.91 Å². The maximum absolute atomic E-state index is 13.5. The SMILES string of the molecule is CCOc1ccccc1-c1nc(CC(=O)N(CC(C)C)c2c(N)n(CC(C)C)c(=O)[nH]c2=O)cs1. The molecule has 0 bridgehead atoms. The topological polar surface area (TPSA) is 123 Å². The molecule has 0 unspecified atom stereocenters. The Morgan fingerprint density at radius 3 is 2.57 bits per heavy atom. The molecule has 188 valence electrons. The summed E-state index contributed by atoms with van der Waals surface area (Å²) in [6.07, 6.45) is -0.0117. The Morgan fingerprint density at radius 1 is 1.20 bits per heavy atom. The Kier molecular flexibility index (Phi) is 8.50. The van der Waals surface area contributed by atoms with Crippen molar-refractivity contribution in [1.82, 2.24) is 14.5 Å². The van der Waals surface area contributed by atoms with E-state index in [0.29, 0.717) is 18.8 Å². The molecule has 9 nitrogen and oxygen atoms in total. The number of para-hydroxylation sites is 1. The van der Waals surface area contributed by atoms with Crippen molar-refractivity contribution in [1.29, 1.82) is 0 Å². The number of rotatable bonds is 10. The van der Waals surface area contributed by atoms with E-state index in [4.69, 9.17) is 10.5 Å². The van der Waals surface area contributed by atoms with E-state index in [1.54, 1.807) is 0 Å². The molecule has 1 aromatic carbocycles. The summed E-state index contributed by atoms with van der Waals surface area (Å²) in [7, 11) is 0. The Labute approximate surface area is 208 Å². The number of hydrogen-bond acceptors (Lipinski definition) is 7. The first-order chi connectivity index (χ1) is 16.6. The fourth-order valence-corrected chi connectivity index (χ4v) is 4.60. The average Bonchev–Trinajstić information content (AvgIpc) is 3.24. The van der Waals surface area contributed by atoms with Gasteiger partial charge in [-0.05, 0) is 30.9 Å². The number of thiazole rings is 1. The molecule has 0 aliphatic rings. The highest BCUT2D eigenvalue weighted by Gasteiger charge is 2.26. The number of aromatic nitrogens is 3. The number of anilines is 2. The summed E-state index contributed by atoms with van der Waals surface area (Å²) in [5.41, 5.74) is 6.47. The van der Waals surface area contributed by atoms with Crippen molar-refractivity contribution in [2.75, 3.05) is 23.8 Å². The maximum Gasteiger partial charge on any atom is 0.330 e. The standard InChI is InChI=1S/C25H33N5O4S/c1-6-34-19-10-8-7-9-18(19)24-27-17(14-35-24)11-20(31)29(12-15(2)3)21-22(26)30(13-16(4)5)25(33)28-23(21)32/h7-10,14-16H,6,11-13,26H2,1-5H3,(H,28,32,33). The summed E-state index contributed by atoms with van der Waals surface area (Å²) in [5.74, 6) is 0.588. The lowest BCUT2D eigenvalue weighted by Crippen LogP contribution is -2.43. The highest BCUT2D eigenvalue weighted by molar-refractivity contribution is 7.13. The number of benzene rings is 1. The van der Waals surface area contributed by atoms with E-state index < -0.39 is 11.2 Å². The van der Waals surface area contributed by atoms with Crippen molar-refractivity contribution in [3.05, 3.63) is 56.2 Å². The number of carbonyl (C=O) groups excluding carboxylic acids is 1. The molecule has 0 aliphatic carbocycles. The molecule has 3 aromatic rings. The summed E-state index contributed by atoms with van der Waals surface area (Å²) in [5, 5.41) is 2.58. The zero-order chi connectivity index (χ0) is 25.7. The molecule has 0 spiro atoms. The van der Waals surface area contributed by atoms with Gasteiger partial charge in [-0.1, -0.05) is 39.8 Å². The van der Waals surface area contributed by atoms with Gasteiger partial charge in [-0.15, -0.1) is 11.3 Å². The van der Waals surface area contributed by atoms with E-state index in [1.807, 2.05) is 64.3 Å². The second-order valence-corrected chi connectivity index (χ2v) is 10.0. The van der Waals surface area contributed by atoms with Crippen LogP contribution in [-0.2, 0) is 17.8 Å². The van der Waals surface area contributed by atoms with E-state index in [0.717, 1.165) is 16.3 Å². The van der Waals surface area contributed by atoms with Crippen molar-refractivity contribution in [3.8, 4) is 16.3 Å². The van der Waals surface area contributed by atoms with Crippen molar-refractivity contribution >= 4 is 28.7 Å². The predicted octanol–water partition coefficient (Wildman–Crippen LogP) is 3.53. The van der Waals surface area contributed by atoms with Crippen LogP contribution >= 0.6 is 11.3 Å². The van der Waals surface area contributed by atoms with E-state index in [1.165, 1.54) is 20.8 Å². The van der Waals surface area contributed by atoms with Crippen LogP contribution in [0.4, 0.5) is 11.5 Å². The molecule has 35 heavy (non-hydrogen) atoms. The van der Waals surface area contributed by atoms with Gasteiger partial charge in [0.15, 0.2) is 5.69 Å². The van der Waals surface area contributed by atoms with Gasteiger partial charge in [0.05, 0.1) is 24.3 Å². The lowest BCUT2D eigenvalue weighted by Gasteiger charge is -2.26. The van der Waals surface area contributed by atoms with Crippen LogP contribution in [0.2, 0.25) is 0 Å². The van der Waals surface area contributed by atoms with E-state index in [-0.39, 0.29) is 42.2 Å². The minimum absolute atomic E-state index is 0.00101. The second kappa shape index (κ2) is 11.4. The molecular formula is C25H33N5O4S. The third kappa shape index (κ3) is 6.19. The molecule has 3 N–H and O–H groups in total. The molecule has 10 heteroatoms. The number of H-pyrrole nitrogens is 1. The van der Waals surface area contributed by atoms with Crippen LogP contribution in [-0.4, -0.2) is 33.6 Å². The lowest BCUT2D eigenvalue weighted by atomic mass is 10.1.